The lowest BCUT2D eigenvalue weighted by Crippen LogP contribution is -2.45. The van der Waals surface area contributed by atoms with E-state index in [2.05, 4.69) is 19.2 Å². The van der Waals surface area contributed by atoms with Crippen molar-refractivity contribution in [1.82, 2.24) is 5.32 Å². The van der Waals surface area contributed by atoms with Crippen molar-refractivity contribution in [2.24, 2.45) is 5.92 Å². The Hall–Kier alpha value is -2.69. The summed E-state index contributed by atoms with van der Waals surface area (Å²) < 4.78 is 16.7. The molecule has 0 radical (unpaired) electrons. The third kappa shape index (κ3) is 4.28. The van der Waals surface area contributed by atoms with Crippen LogP contribution in [-0.4, -0.2) is 25.7 Å². The van der Waals surface area contributed by atoms with Gasteiger partial charge in [-0.15, -0.1) is 0 Å². The van der Waals surface area contributed by atoms with E-state index in [9.17, 15) is 4.79 Å². The van der Waals surface area contributed by atoms with Gasteiger partial charge in [-0.1, -0.05) is 38.1 Å². The number of fused-ring (bicyclic) bond motifs is 1. The minimum absolute atomic E-state index is 0.0887. The summed E-state index contributed by atoms with van der Waals surface area (Å²) in [6.07, 6.45) is 0.181. The predicted octanol–water partition coefficient (Wildman–Crippen LogP) is 3.74. The number of para-hydroxylation sites is 2. The monoisotopic (exact) mass is 355 g/mol. The molecule has 3 rings (SSSR count). The molecule has 1 N–H and O–H groups in total. The molecule has 1 aliphatic heterocycles. The van der Waals surface area contributed by atoms with Gasteiger partial charge in [0.05, 0.1) is 13.2 Å². The first-order valence-corrected chi connectivity index (χ1v) is 8.89. The van der Waals surface area contributed by atoms with Gasteiger partial charge in [-0.3, -0.25) is 4.79 Å². The summed E-state index contributed by atoms with van der Waals surface area (Å²) >= 11 is 0. The third-order valence-electron chi connectivity index (χ3n) is 4.34. The number of rotatable bonds is 6. The number of carbonyl (C=O) groups is 1. The van der Waals surface area contributed by atoms with Crippen LogP contribution in [0.4, 0.5) is 0 Å². The van der Waals surface area contributed by atoms with Crippen LogP contribution in [0, 0.1) is 5.92 Å². The maximum atomic E-state index is 12.8. The number of amides is 1. The van der Waals surface area contributed by atoms with Crippen LogP contribution in [0.1, 0.15) is 31.9 Å². The van der Waals surface area contributed by atoms with E-state index in [1.807, 2.05) is 48.5 Å². The van der Waals surface area contributed by atoms with Crippen molar-refractivity contribution < 1.29 is 19.0 Å². The van der Waals surface area contributed by atoms with Crippen molar-refractivity contribution in [3.8, 4) is 17.2 Å². The largest absolute Gasteiger partial charge is 0.497 e. The Morgan fingerprint density at radius 2 is 1.85 bits per heavy atom. The fourth-order valence-electron chi connectivity index (χ4n) is 3.00. The highest BCUT2D eigenvalue weighted by molar-refractivity contribution is 5.82. The van der Waals surface area contributed by atoms with Crippen molar-refractivity contribution >= 4 is 5.91 Å². The Kier molecular flexibility index (Phi) is 5.66. The Bertz CT molecular complexity index is 742. The van der Waals surface area contributed by atoms with E-state index in [4.69, 9.17) is 14.2 Å². The van der Waals surface area contributed by atoms with Crippen LogP contribution < -0.4 is 19.5 Å². The van der Waals surface area contributed by atoms with Crippen molar-refractivity contribution in [1.29, 1.82) is 0 Å². The van der Waals surface area contributed by atoms with Gasteiger partial charge in [0.25, 0.3) is 5.91 Å². The standard InChI is InChI=1S/C21H25NO4/c1-14(2)12-17(15-8-10-16(24-3)11-9-15)22-21(23)20-13-25-18-6-4-5-7-19(18)26-20/h4-11,14,17,20H,12-13H2,1-3H3,(H,22,23)/t17-,20-/m1/s1. The van der Waals surface area contributed by atoms with E-state index in [0.717, 1.165) is 17.7 Å². The number of carbonyl (C=O) groups excluding carboxylic acids is 1. The molecule has 0 unspecified atom stereocenters. The van der Waals surface area contributed by atoms with Gasteiger partial charge in [0, 0.05) is 0 Å². The topological polar surface area (TPSA) is 56.8 Å². The molecule has 2 aromatic rings. The van der Waals surface area contributed by atoms with Gasteiger partial charge in [0.15, 0.2) is 11.5 Å². The van der Waals surface area contributed by atoms with E-state index >= 15 is 0 Å². The lowest BCUT2D eigenvalue weighted by molar-refractivity contribution is -0.131. The Morgan fingerprint density at radius 3 is 2.50 bits per heavy atom. The zero-order valence-electron chi connectivity index (χ0n) is 15.4. The average molecular weight is 355 g/mol. The molecule has 0 aliphatic carbocycles. The second kappa shape index (κ2) is 8.13. The molecule has 0 saturated carbocycles. The van der Waals surface area contributed by atoms with Gasteiger partial charge < -0.3 is 19.5 Å². The molecular weight excluding hydrogens is 330 g/mol. The van der Waals surface area contributed by atoms with Crippen LogP contribution in [0.5, 0.6) is 17.2 Å². The summed E-state index contributed by atoms with van der Waals surface area (Å²) in [5.41, 5.74) is 1.05. The van der Waals surface area contributed by atoms with Crippen LogP contribution in [0.25, 0.3) is 0 Å². The molecule has 5 heteroatoms. The predicted molar refractivity (Wildman–Crippen MR) is 99.7 cm³/mol. The molecule has 2 atom stereocenters. The van der Waals surface area contributed by atoms with Crippen molar-refractivity contribution in [2.75, 3.05) is 13.7 Å². The van der Waals surface area contributed by atoms with Gasteiger partial charge in [0.1, 0.15) is 12.4 Å². The normalized spacial score (nSPS) is 16.8. The van der Waals surface area contributed by atoms with E-state index in [0.29, 0.717) is 17.4 Å². The number of benzene rings is 2. The van der Waals surface area contributed by atoms with Gasteiger partial charge in [0.2, 0.25) is 6.10 Å². The SMILES string of the molecule is COc1ccc([C@@H](CC(C)C)NC(=O)[C@H]2COc3ccccc3O2)cc1. The highest BCUT2D eigenvalue weighted by atomic mass is 16.6. The van der Waals surface area contributed by atoms with Crippen LogP contribution in [0.2, 0.25) is 0 Å². The highest BCUT2D eigenvalue weighted by Gasteiger charge is 2.29. The summed E-state index contributed by atoms with van der Waals surface area (Å²) in [7, 11) is 1.64. The van der Waals surface area contributed by atoms with Crippen molar-refractivity contribution in [3.05, 3.63) is 54.1 Å². The quantitative estimate of drug-likeness (QED) is 0.858. The number of methoxy groups -OCH3 is 1. The Morgan fingerprint density at radius 1 is 1.15 bits per heavy atom. The zero-order valence-corrected chi connectivity index (χ0v) is 15.4. The summed E-state index contributed by atoms with van der Waals surface area (Å²) in [5.74, 6) is 2.34. The maximum Gasteiger partial charge on any atom is 0.265 e. The molecule has 26 heavy (non-hydrogen) atoms. The third-order valence-corrected chi connectivity index (χ3v) is 4.34. The minimum atomic E-state index is -0.655. The van der Waals surface area contributed by atoms with Crippen LogP contribution in [0.15, 0.2) is 48.5 Å². The fourth-order valence-corrected chi connectivity index (χ4v) is 3.00. The summed E-state index contributed by atoms with van der Waals surface area (Å²) in [5, 5.41) is 3.12. The molecule has 1 heterocycles. The summed E-state index contributed by atoms with van der Waals surface area (Å²) in [6, 6.07) is 15.1. The smallest absolute Gasteiger partial charge is 0.265 e. The zero-order chi connectivity index (χ0) is 18.5. The van der Waals surface area contributed by atoms with Gasteiger partial charge in [-0.2, -0.15) is 0 Å². The number of nitrogens with one attached hydrogen (secondary N) is 1. The first-order valence-electron chi connectivity index (χ1n) is 8.89. The molecular formula is C21H25NO4. The van der Waals surface area contributed by atoms with Crippen LogP contribution in [0.3, 0.4) is 0 Å². The molecule has 138 valence electrons. The minimum Gasteiger partial charge on any atom is -0.497 e. The average Bonchev–Trinajstić information content (AvgIpc) is 2.66. The Labute approximate surface area is 154 Å². The van der Waals surface area contributed by atoms with E-state index in [-0.39, 0.29) is 18.6 Å². The van der Waals surface area contributed by atoms with Crippen molar-refractivity contribution in [3.63, 3.8) is 0 Å². The number of hydrogen-bond donors (Lipinski definition) is 1. The fraction of sp³-hybridized carbons (Fsp3) is 0.381. The second-order valence-corrected chi connectivity index (χ2v) is 6.83. The lowest BCUT2D eigenvalue weighted by atomic mass is 9.96. The van der Waals surface area contributed by atoms with E-state index < -0.39 is 6.10 Å². The van der Waals surface area contributed by atoms with Crippen LogP contribution >= 0.6 is 0 Å². The van der Waals surface area contributed by atoms with Gasteiger partial charge >= 0.3 is 0 Å². The molecule has 0 fully saturated rings. The molecule has 0 saturated heterocycles. The summed E-state index contributed by atoms with van der Waals surface area (Å²) in [6.45, 7) is 4.48. The summed E-state index contributed by atoms with van der Waals surface area (Å²) in [4.78, 5) is 12.8. The van der Waals surface area contributed by atoms with Gasteiger partial charge in [-0.05, 0) is 42.2 Å². The first-order chi connectivity index (χ1) is 12.6. The van der Waals surface area contributed by atoms with Gasteiger partial charge in [-0.25, -0.2) is 0 Å². The molecule has 1 aliphatic rings. The molecule has 0 bridgehead atoms. The number of hydrogen-bond acceptors (Lipinski definition) is 4. The van der Waals surface area contributed by atoms with E-state index in [1.165, 1.54) is 0 Å². The molecule has 0 spiro atoms. The van der Waals surface area contributed by atoms with E-state index in [1.54, 1.807) is 7.11 Å². The lowest BCUT2D eigenvalue weighted by Gasteiger charge is -2.28. The molecule has 5 nitrogen and oxygen atoms in total. The second-order valence-electron chi connectivity index (χ2n) is 6.83. The van der Waals surface area contributed by atoms with Crippen LogP contribution in [-0.2, 0) is 4.79 Å². The van der Waals surface area contributed by atoms with Crippen molar-refractivity contribution in [2.45, 2.75) is 32.4 Å². The molecule has 1 amide bonds. The number of ether oxygens (including phenoxy) is 3. The molecule has 2 aromatic carbocycles. The highest BCUT2D eigenvalue weighted by Crippen LogP contribution is 2.31. The molecule has 0 aromatic heterocycles. The Balaban J connectivity index is 1.71. The first kappa shape index (κ1) is 18.1. The maximum absolute atomic E-state index is 12.8.